The van der Waals surface area contributed by atoms with Crippen LogP contribution >= 0.6 is 15.6 Å². The molecule has 0 saturated carbocycles. The third-order valence-corrected chi connectivity index (χ3v) is 6.20. The number of hydrogen-bond donors (Lipinski definition) is 2. The minimum absolute atomic E-state index is 0.0514. The standard InChI is InChI=1S/C16H26N2O17P2/c1-11-9-18(16(21)17-15(11)20)14-8-12(19)13(32-14)10-31-37(24,25)29-5-3-4-27-33-35-34-28-6-7-30-36(22,23)26-2/h3-4,9,12-14,19H,5-8,10H2,1-2H3,(H,22,23)(H,24,25)(H,17,20,21)/p-2/b4-3+/t12?,13-,14-/m1/s1. The first-order valence-corrected chi connectivity index (χ1v) is 13.1. The van der Waals surface area contributed by atoms with Crippen LogP contribution in [0.3, 0.4) is 0 Å². The number of nitrogens with zero attached hydrogens (tertiary/aromatic N) is 1. The van der Waals surface area contributed by atoms with Crippen molar-refractivity contribution in [2.24, 2.45) is 0 Å². The summed E-state index contributed by atoms with van der Waals surface area (Å²) in [5, 5.41) is 22.0. The number of rotatable bonds is 17. The summed E-state index contributed by atoms with van der Waals surface area (Å²) in [5.41, 5.74) is -1.07. The van der Waals surface area contributed by atoms with Crippen molar-refractivity contribution in [3.63, 3.8) is 0 Å². The topological polar surface area (TPSA) is 248 Å². The summed E-state index contributed by atoms with van der Waals surface area (Å²) >= 11 is 0. The maximum absolute atomic E-state index is 12.0. The van der Waals surface area contributed by atoms with E-state index in [0.29, 0.717) is 0 Å². The van der Waals surface area contributed by atoms with Crippen LogP contribution in [-0.2, 0) is 56.9 Å². The van der Waals surface area contributed by atoms with Gasteiger partial charge in [-0.05, 0) is 18.0 Å². The quantitative estimate of drug-likeness (QED) is 0.0693. The summed E-state index contributed by atoms with van der Waals surface area (Å²) in [5.74, 6) is 0. The molecule has 2 N–H and O–H groups in total. The molecule has 21 heteroatoms. The zero-order valence-corrected chi connectivity index (χ0v) is 21.1. The van der Waals surface area contributed by atoms with Gasteiger partial charge in [0, 0.05) is 35.4 Å². The van der Waals surface area contributed by atoms with E-state index in [1.54, 1.807) is 0 Å². The van der Waals surface area contributed by atoms with Gasteiger partial charge in [0.15, 0.2) is 0 Å². The third-order valence-electron chi connectivity index (χ3n) is 4.32. The highest BCUT2D eigenvalue weighted by molar-refractivity contribution is 7.46. The van der Waals surface area contributed by atoms with Gasteiger partial charge in [-0.2, -0.15) is 0 Å². The van der Waals surface area contributed by atoms with Gasteiger partial charge in [0.2, 0.25) is 0 Å². The normalized spacial score (nSPS) is 23.2. The molecule has 0 radical (unpaired) electrons. The summed E-state index contributed by atoms with van der Waals surface area (Å²) in [4.78, 5) is 56.8. The molecule has 0 spiro atoms. The number of phosphoric ester groups is 2. The number of aryl methyl sites for hydroxylation is 1. The van der Waals surface area contributed by atoms with E-state index < -0.39 is 65.2 Å². The Bertz CT molecular complexity index is 1090. The summed E-state index contributed by atoms with van der Waals surface area (Å²) in [6, 6.07) is 0. The predicted octanol–water partition coefficient (Wildman–Crippen LogP) is -1.62. The Morgan fingerprint density at radius 3 is 2.65 bits per heavy atom. The van der Waals surface area contributed by atoms with E-state index in [4.69, 9.17) is 4.74 Å². The second-order valence-electron chi connectivity index (χ2n) is 6.91. The van der Waals surface area contributed by atoms with Crippen LogP contribution in [0.2, 0.25) is 0 Å². The molecule has 1 aliphatic rings. The molecule has 19 nitrogen and oxygen atoms in total. The van der Waals surface area contributed by atoms with Gasteiger partial charge in [-0.3, -0.25) is 23.5 Å². The van der Waals surface area contributed by atoms with Crippen LogP contribution in [-0.4, -0.2) is 60.4 Å². The fraction of sp³-hybridized carbons (Fsp3) is 0.625. The third kappa shape index (κ3) is 11.2. The number of nitrogens with one attached hydrogen (secondary N) is 1. The minimum Gasteiger partial charge on any atom is -0.756 e. The summed E-state index contributed by atoms with van der Waals surface area (Å²) < 4.78 is 46.8. The number of H-pyrrole nitrogens is 1. The van der Waals surface area contributed by atoms with E-state index in [1.807, 2.05) is 0 Å². The van der Waals surface area contributed by atoms with Gasteiger partial charge in [0.05, 0.1) is 25.9 Å². The molecule has 0 amide bonds. The Kier molecular flexibility index (Phi) is 12.7. The molecule has 212 valence electrons. The van der Waals surface area contributed by atoms with Crippen molar-refractivity contribution in [1.29, 1.82) is 0 Å². The van der Waals surface area contributed by atoms with Crippen molar-refractivity contribution in [2.75, 3.05) is 33.5 Å². The molecule has 2 rings (SSSR count). The smallest absolute Gasteiger partial charge is 0.330 e. The Morgan fingerprint density at radius 1 is 1.16 bits per heavy atom. The molecule has 0 bridgehead atoms. The van der Waals surface area contributed by atoms with Crippen LogP contribution < -0.4 is 21.0 Å². The largest absolute Gasteiger partial charge is 0.756 e. The monoisotopic (exact) mass is 578 g/mol. The Hall–Kier alpha value is -1.80. The van der Waals surface area contributed by atoms with Gasteiger partial charge in [0.25, 0.3) is 21.2 Å². The molecular weight excluding hydrogens is 554 g/mol. The van der Waals surface area contributed by atoms with Crippen molar-refractivity contribution in [3.05, 3.63) is 44.9 Å². The number of aliphatic hydroxyl groups is 1. The average molecular weight is 578 g/mol. The second-order valence-corrected chi connectivity index (χ2v) is 9.84. The van der Waals surface area contributed by atoms with E-state index in [0.717, 1.165) is 24.0 Å². The fourth-order valence-corrected chi connectivity index (χ4v) is 3.67. The molecule has 37 heavy (non-hydrogen) atoms. The van der Waals surface area contributed by atoms with Crippen LogP contribution in [0.4, 0.5) is 0 Å². The van der Waals surface area contributed by atoms with Crippen LogP contribution in [0.15, 0.2) is 28.1 Å². The molecule has 1 aliphatic heterocycles. The zero-order chi connectivity index (χ0) is 27.5. The van der Waals surface area contributed by atoms with Crippen molar-refractivity contribution < 1.29 is 71.7 Å². The predicted molar refractivity (Wildman–Crippen MR) is 110 cm³/mol. The molecule has 3 unspecified atom stereocenters. The van der Waals surface area contributed by atoms with E-state index in [1.165, 1.54) is 13.1 Å². The Labute approximate surface area is 207 Å². The molecule has 0 aromatic carbocycles. The lowest BCUT2D eigenvalue weighted by Crippen LogP contribution is -2.33. The molecule has 2 heterocycles. The minimum atomic E-state index is -4.82. The molecule has 5 atom stereocenters. The lowest BCUT2D eigenvalue weighted by Gasteiger charge is -2.24. The van der Waals surface area contributed by atoms with Gasteiger partial charge in [-0.1, -0.05) is 0 Å². The van der Waals surface area contributed by atoms with Crippen molar-refractivity contribution >= 4 is 15.6 Å². The van der Waals surface area contributed by atoms with Crippen molar-refractivity contribution in [3.8, 4) is 0 Å². The van der Waals surface area contributed by atoms with Crippen LogP contribution in [0.25, 0.3) is 0 Å². The summed E-state index contributed by atoms with van der Waals surface area (Å²) in [6.07, 6.45) is -0.160. The first-order valence-electron chi connectivity index (χ1n) is 10.1. The number of ether oxygens (including phenoxy) is 1. The molecule has 1 aromatic heterocycles. The summed E-state index contributed by atoms with van der Waals surface area (Å²) in [6.45, 7) is -0.485. The highest BCUT2D eigenvalue weighted by Gasteiger charge is 2.36. The number of aromatic amines is 1. The number of aliphatic hydroxyl groups excluding tert-OH is 1. The van der Waals surface area contributed by atoms with Gasteiger partial charge < -0.3 is 42.6 Å². The van der Waals surface area contributed by atoms with Gasteiger partial charge in [0.1, 0.15) is 25.2 Å². The SMILES string of the molecule is COP(=O)([O-])OCCOOOOO/C=C/COP(=O)([O-])OC[C@H]1O[C@@H](n2cc(C)c(=O)[nH]c2=O)CC1O. The van der Waals surface area contributed by atoms with Crippen LogP contribution in [0.5, 0.6) is 0 Å². The first-order chi connectivity index (χ1) is 17.4. The Balaban J connectivity index is 1.60. The number of aromatic nitrogens is 2. The fourth-order valence-electron chi connectivity index (χ4n) is 2.59. The molecular formula is C16H24N2O17P2-2. The van der Waals surface area contributed by atoms with Gasteiger partial charge >= 0.3 is 5.69 Å². The number of phosphoric acid groups is 2. The van der Waals surface area contributed by atoms with Gasteiger partial charge in [-0.25, -0.2) is 9.68 Å². The number of hydrogen-bond acceptors (Lipinski definition) is 17. The molecule has 1 saturated heterocycles. The first kappa shape index (κ1) is 31.4. The maximum atomic E-state index is 12.0. The van der Waals surface area contributed by atoms with E-state index in [2.05, 4.69) is 48.0 Å². The van der Waals surface area contributed by atoms with Crippen LogP contribution in [0, 0.1) is 6.92 Å². The zero-order valence-electron chi connectivity index (χ0n) is 19.3. The van der Waals surface area contributed by atoms with E-state index in [-0.39, 0.29) is 18.6 Å². The molecule has 0 aliphatic carbocycles. The van der Waals surface area contributed by atoms with E-state index >= 15 is 0 Å². The van der Waals surface area contributed by atoms with E-state index in [9.17, 15) is 33.6 Å². The Morgan fingerprint density at radius 2 is 1.92 bits per heavy atom. The van der Waals surface area contributed by atoms with Crippen molar-refractivity contribution in [2.45, 2.75) is 31.8 Å². The maximum Gasteiger partial charge on any atom is 0.330 e. The highest BCUT2D eigenvalue weighted by Crippen LogP contribution is 2.40. The lowest BCUT2D eigenvalue weighted by molar-refractivity contribution is -0.700. The summed E-state index contributed by atoms with van der Waals surface area (Å²) in [7, 11) is -8.30. The average Bonchev–Trinajstić information content (AvgIpc) is 3.21. The highest BCUT2D eigenvalue weighted by atomic mass is 31.2. The lowest BCUT2D eigenvalue weighted by atomic mass is 10.2. The van der Waals surface area contributed by atoms with Crippen molar-refractivity contribution in [1.82, 2.24) is 9.55 Å². The molecule has 1 fully saturated rings. The second kappa shape index (κ2) is 15.0. The molecule has 1 aromatic rings. The van der Waals surface area contributed by atoms with Gasteiger partial charge in [-0.15, -0.1) is 0 Å². The van der Waals surface area contributed by atoms with Crippen LogP contribution in [0.1, 0.15) is 18.2 Å².